The second kappa shape index (κ2) is 9.42. The van der Waals surface area contributed by atoms with E-state index in [1.807, 2.05) is 0 Å². The molecular formula is C23H20F3NO4. The average Bonchev–Trinajstić information content (AvgIpc) is 2.77. The lowest BCUT2D eigenvalue weighted by Crippen LogP contribution is -2.17. The maximum absolute atomic E-state index is 13.2. The molecule has 0 aliphatic rings. The van der Waals surface area contributed by atoms with Crippen molar-refractivity contribution in [3.63, 3.8) is 0 Å². The Hall–Kier alpha value is -3.68. The number of methoxy groups -OCH3 is 2. The highest BCUT2D eigenvalue weighted by molar-refractivity contribution is 6.05. The van der Waals surface area contributed by atoms with Crippen molar-refractivity contribution >= 4 is 11.6 Å². The highest BCUT2D eigenvalue weighted by Gasteiger charge is 2.33. The van der Waals surface area contributed by atoms with Crippen LogP contribution in [0.5, 0.6) is 17.2 Å². The van der Waals surface area contributed by atoms with Crippen molar-refractivity contribution in [1.29, 1.82) is 0 Å². The molecule has 3 aromatic carbocycles. The number of carbonyl (C=O) groups is 1. The van der Waals surface area contributed by atoms with Crippen molar-refractivity contribution in [2.45, 2.75) is 12.8 Å². The fourth-order valence-electron chi connectivity index (χ4n) is 2.90. The van der Waals surface area contributed by atoms with Gasteiger partial charge >= 0.3 is 6.18 Å². The van der Waals surface area contributed by atoms with Gasteiger partial charge in [-0.05, 0) is 54.6 Å². The van der Waals surface area contributed by atoms with Gasteiger partial charge in [0, 0.05) is 11.1 Å². The Balaban J connectivity index is 1.79. The largest absolute Gasteiger partial charge is 0.497 e. The Morgan fingerprint density at radius 1 is 0.903 bits per heavy atom. The number of para-hydroxylation sites is 1. The molecule has 0 bridgehead atoms. The predicted octanol–water partition coefficient (Wildman–Crippen LogP) is 5.55. The van der Waals surface area contributed by atoms with Gasteiger partial charge in [0.1, 0.15) is 23.9 Å². The van der Waals surface area contributed by atoms with Crippen LogP contribution in [-0.4, -0.2) is 20.1 Å². The topological polar surface area (TPSA) is 56.8 Å². The molecule has 0 saturated carbocycles. The SMILES string of the molecule is COc1ccc(OCc2cc(C(=O)Nc3ccccc3C(F)(F)F)ccc2OC)cc1. The molecule has 0 fully saturated rings. The van der Waals surface area contributed by atoms with Crippen LogP contribution in [0.2, 0.25) is 0 Å². The Labute approximate surface area is 177 Å². The van der Waals surface area contributed by atoms with E-state index in [0.717, 1.165) is 6.07 Å². The van der Waals surface area contributed by atoms with Crippen LogP contribution in [0.4, 0.5) is 18.9 Å². The summed E-state index contributed by atoms with van der Waals surface area (Å²) in [5, 5.41) is 2.33. The third-order valence-electron chi connectivity index (χ3n) is 4.48. The fourth-order valence-corrected chi connectivity index (χ4v) is 2.90. The number of hydrogen-bond acceptors (Lipinski definition) is 4. The molecule has 0 atom stereocenters. The van der Waals surface area contributed by atoms with Gasteiger partial charge in [0.25, 0.3) is 5.91 Å². The van der Waals surface area contributed by atoms with Crippen LogP contribution in [0, 0.1) is 0 Å². The highest BCUT2D eigenvalue weighted by atomic mass is 19.4. The first-order valence-electron chi connectivity index (χ1n) is 9.23. The van der Waals surface area contributed by atoms with E-state index >= 15 is 0 Å². The minimum absolute atomic E-state index is 0.0930. The molecule has 0 saturated heterocycles. The molecule has 0 radical (unpaired) electrons. The average molecular weight is 431 g/mol. The molecule has 0 spiro atoms. The number of benzene rings is 3. The maximum atomic E-state index is 13.2. The number of halogens is 3. The summed E-state index contributed by atoms with van der Waals surface area (Å²) in [4.78, 5) is 12.6. The van der Waals surface area contributed by atoms with Gasteiger partial charge in [0.15, 0.2) is 0 Å². The van der Waals surface area contributed by atoms with E-state index in [1.54, 1.807) is 37.4 Å². The zero-order valence-corrected chi connectivity index (χ0v) is 16.8. The first-order chi connectivity index (χ1) is 14.8. The van der Waals surface area contributed by atoms with Crippen molar-refractivity contribution in [1.82, 2.24) is 0 Å². The summed E-state index contributed by atoms with van der Waals surface area (Å²) in [6, 6.07) is 16.3. The summed E-state index contributed by atoms with van der Waals surface area (Å²) >= 11 is 0. The second-order valence-electron chi connectivity index (χ2n) is 6.49. The van der Waals surface area contributed by atoms with Gasteiger partial charge < -0.3 is 19.5 Å². The summed E-state index contributed by atoms with van der Waals surface area (Å²) in [5.41, 5.74) is -0.493. The van der Waals surface area contributed by atoms with Crippen LogP contribution in [-0.2, 0) is 12.8 Å². The van der Waals surface area contributed by atoms with E-state index in [4.69, 9.17) is 14.2 Å². The lowest BCUT2D eigenvalue weighted by atomic mass is 10.1. The van der Waals surface area contributed by atoms with Crippen LogP contribution in [0.3, 0.4) is 0 Å². The van der Waals surface area contributed by atoms with Gasteiger partial charge in [-0.3, -0.25) is 4.79 Å². The van der Waals surface area contributed by atoms with E-state index in [0.29, 0.717) is 22.8 Å². The highest BCUT2D eigenvalue weighted by Crippen LogP contribution is 2.35. The van der Waals surface area contributed by atoms with E-state index in [9.17, 15) is 18.0 Å². The first-order valence-corrected chi connectivity index (χ1v) is 9.23. The Morgan fingerprint density at radius 2 is 1.58 bits per heavy atom. The predicted molar refractivity (Wildman–Crippen MR) is 110 cm³/mol. The van der Waals surface area contributed by atoms with E-state index < -0.39 is 17.6 Å². The zero-order valence-electron chi connectivity index (χ0n) is 16.8. The third kappa shape index (κ3) is 5.48. The van der Waals surface area contributed by atoms with Crippen molar-refractivity contribution in [3.8, 4) is 17.2 Å². The van der Waals surface area contributed by atoms with Crippen molar-refractivity contribution < 1.29 is 32.2 Å². The molecule has 0 aromatic heterocycles. The minimum atomic E-state index is -4.58. The molecule has 3 aromatic rings. The van der Waals surface area contributed by atoms with Crippen LogP contribution < -0.4 is 19.5 Å². The summed E-state index contributed by atoms with van der Waals surface area (Å²) < 4.78 is 55.7. The molecule has 3 rings (SSSR count). The molecule has 8 heteroatoms. The number of anilines is 1. The van der Waals surface area contributed by atoms with E-state index in [2.05, 4.69) is 5.32 Å². The van der Waals surface area contributed by atoms with Crippen LogP contribution in [0.1, 0.15) is 21.5 Å². The third-order valence-corrected chi connectivity index (χ3v) is 4.48. The van der Waals surface area contributed by atoms with Gasteiger partial charge in [0.2, 0.25) is 0 Å². The minimum Gasteiger partial charge on any atom is -0.497 e. The standard InChI is InChI=1S/C23H20F3NO4/c1-29-17-8-10-18(11-9-17)31-14-16-13-15(7-12-21(16)30-2)22(28)27-20-6-4-3-5-19(20)23(24,25)26/h3-13H,14H2,1-2H3,(H,27,28). The Morgan fingerprint density at radius 3 is 2.23 bits per heavy atom. The summed E-state index contributed by atoms with van der Waals surface area (Å²) in [6.07, 6.45) is -4.58. The molecule has 1 amide bonds. The number of hydrogen-bond donors (Lipinski definition) is 1. The number of alkyl halides is 3. The molecule has 5 nitrogen and oxygen atoms in total. The second-order valence-corrected chi connectivity index (χ2v) is 6.49. The lowest BCUT2D eigenvalue weighted by Gasteiger charge is -2.15. The molecular weight excluding hydrogens is 411 g/mol. The molecule has 0 aliphatic heterocycles. The van der Waals surface area contributed by atoms with Gasteiger partial charge in [-0.1, -0.05) is 12.1 Å². The number of rotatable bonds is 7. The van der Waals surface area contributed by atoms with Gasteiger partial charge in [-0.15, -0.1) is 0 Å². The number of nitrogens with one attached hydrogen (secondary N) is 1. The van der Waals surface area contributed by atoms with Gasteiger partial charge in [-0.25, -0.2) is 0 Å². The molecule has 0 heterocycles. The first kappa shape index (κ1) is 22.0. The Kier molecular flexibility index (Phi) is 6.69. The maximum Gasteiger partial charge on any atom is 0.418 e. The zero-order chi connectivity index (χ0) is 22.4. The number of amides is 1. The summed E-state index contributed by atoms with van der Waals surface area (Å²) in [7, 11) is 3.04. The van der Waals surface area contributed by atoms with E-state index in [-0.39, 0.29) is 17.9 Å². The smallest absolute Gasteiger partial charge is 0.418 e. The van der Waals surface area contributed by atoms with Gasteiger partial charge in [-0.2, -0.15) is 13.2 Å². The van der Waals surface area contributed by atoms with Crippen LogP contribution in [0.25, 0.3) is 0 Å². The van der Waals surface area contributed by atoms with Crippen molar-refractivity contribution in [2.24, 2.45) is 0 Å². The van der Waals surface area contributed by atoms with Crippen LogP contribution >= 0.6 is 0 Å². The van der Waals surface area contributed by atoms with Crippen LogP contribution in [0.15, 0.2) is 66.7 Å². The van der Waals surface area contributed by atoms with E-state index in [1.165, 1.54) is 37.4 Å². The lowest BCUT2D eigenvalue weighted by molar-refractivity contribution is -0.136. The molecule has 162 valence electrons. The summed E-state index contributed by atoms with van der Waals surface area (Å²) in [6.45, 7) is 0.0930. The monoisotopic (exact) mass is 431 g/mol. The van der Waals surface area contributed by atoms with Crippen molar-refractivity contribution in [3.05, 3.63) is 83.4 Å². The van der Waals surface area contributed by atoms with Gasteiger partial charge in [0.05, 0.1) is 25.5 Å². The molecule has 1 N–H and O–H groups in total. The fraction of sp³-hybridized carbons (Fsp3) is 0.174. The van der Waals surface area contributed by atoms with Crippen molar-refractivity contribution in [2.75, 3.05) is 19.5 Å². The number of ether oxygens (including phenoxy) is 3. The number of carbonyl (C=O) groups excluding carboxylic acids is 1. The quantitative estimate of drug-likeness (QED) is 0.533. The normalized spacial score (nSPS) is 11.0. The summed E-state index contributed by atoms with van der Waals surface area (Å²) in [5.74, 6) is 1.07. The molecule has 31 heavy (non-hydrogen) atoms. The Bertz CT molecular complexity index is 1050. The molecule has 0 unspecified atom stereocenters. The molecule has 0 aliphatic carbocycles.